The Kier molecular flexibility index (Phi) is 5.46. The molecule has 1 aliphatic heterocycles. The van der Waals surface area contributed by atoms with Crippen molar-refractivity contribution in [2.75, 3.05) is 38.1 Å². The molecule has 1 N–H and O–H groups in total. The van der Waals surface area contributed by atoms with Crippen LogP contribution < -0.4 is 10.2 Å². The second kappa shape index (κ2) is 6.97. The van der Waals surface area contributed by atoms with Crippen LogP contribution in [0.5, 0.6) is 0 Å². The maximum atomic E-state index is 4.44. The average Bonchev–Trinajstić information content (AvgIpc) is 3.13. The molecule has 1 atom stereocenters. The molecule has 2 fully saturated rings. The number of hydrogen-bond donors (Lipinski definition) is 1. The zero-order valence-corrected chi connectivity index (χ0v) is 15.8. The molecule has 22 heavy (non-hydrogen) atoms. The number of guanidine groups is 1. The van der Waals surface area contributed by atoms with Gasteiger partial charge in [0.2, 0.25) is 5.95 Å². The van der Waals surface area contributed by atoms with Crippen LogP contribution in [-0.4, -0.2) is 60.1 Å². The van der Waals surface area contributed by atoms with Crippen molar-refractivity contribution in [1.29, 1.82) is 0 Å². The van der Waals surface area contributed by atoms with Gasteiger partial charge in [-0.25, -0.2) is 9.97 Å². The number of nitrogens with one attached hydrogen (secondary N) is 1. The molecule has 7 heteroatoms. The number of piperazine rings is 1. The van der Waals surface area contributed by atoms with E-state index in [4.69, 9.17) is 0 Å². The lowest BCUT2D eigenvalue weighted by Gasteiger charge is -2.36. The van der Waals surface area contributed by atoms with Gasteiger partial charge >= 0.3 is 0 Å². The van der Waals surface area contributed by atoms with Gasteiger partial charge in [-0.15, -0.1) is 24.0 Å². The van der Waals surface area contributed by atoms with Crippen molar-refractivity contribution in [3.63, 3.8) is 0 Å². The lowest BCUT2D eigenvalue weighted by Crippen LogP contribution is -2.53. The first-order valence-electron chi connectivity index (χ1n) is 7.60. The Hall–Kier alpha value is -1.12. The van der Waals surface area contributed by atoms with Gasteiger partial charge in [0.1, 0.15) is 0 Å². The van der Waals surface area contributed by atoms with E-state index < -0.39 is 0 Å². The minimum Gasteiger partial charge on any atom is -0.353 e. The molecule has 1 aliphatic carbocycles. The third-order valence-corrected chi connectivity index (χ3v) is 4.44. The number of anilines is 1. The lowest BCUT2D eigenvalue weighted by molar-refractivity contribution is 0.367. The van der Waals surface area contributed by atoms with Crippen LogP contribution in [0.4, 0.5) is 5.95 Å². The van der Waals surface area contributed by atoms with Crippen LogP contribution in [-0.2, 0) is 0 Å². The van der Waals surface area contributed by atoms with Gasteiger partial charge in [-0.05, 0) is 17.9 Å². The Bertz CT molecular complexity index is 510. The largest absolute Gasteiger partial charge is 0.353 e. The number of aliphatic imine (C=N–C) groups is 1. The number of aromatic nitrogens is 2. The number of halogens is 1. The summed E-state index contributed by atoms with van der Waals surface area (Å²) in [6.07, 6.45) is 4.82. The molecule has 0 bridgehead atoms. The molecule has 6 nitrogen and oxygen atoms in total. The molecule has 3 rings (SSSR count). The van der Waals surface area contributed by atoms with E-state index in [0.29, 0.717) is 11.5 Å². The van der Waals surface area contributed by atoms with Gasteiger partial charge in [0.25, 0.3) is 0 Å². The van der Waals surface area contributed by atoms with Gasteiger partial charge in [-0.2, -0.15) is 0 Å². The molecule has 0 amide bonds. The van der Waals surface area contributed by atoms with Crippen molar-refractivity contribution in [3.05, 3.63) is 18.5 Å². The molecular formula is C15H25IN6. The minimum atomic E-state index is 0. The Balaban J connectivity index is 0.00000176. The molecule has 0 spiro atoms. The molecule has 1 aromatic heterocycles. The van der Waals surface area contributed by atoms with E-state index >= 15 is 0 Å². The van der Waals surface area contributed by atoms with Crippen LogP contribution in [0.25, 0.3) is 0 Å². The first-order chi connectivity index (χ1) is 10.1. The van der Waals surface area contributed by atoms with E-state index in [0.717, 1.165) is 38.1 Å². The smallest absolute Gasteiger partial charge is 0.225 e. The summed E-state index contributed by atoms with van der Waals surface area (Å²) in [4.78, 5) is 17.6. The molecule has 1 unspecified atom stereocenters. The topological polar surface area (TPSA) is 56.7 Å². The number of rotatable bonds is 2. The van der Waals surface area contributed by atoms with Crippen LogP contribution in [0.1, 0.15) is 20.3 Å². The van der Waals surface area contributed by atoms with Crippen LogP contribution in [0.3, 0.4) is 0 Å². The molecule has 1 saturated carbocycles. The molecule has 1 aromatic rings. The van der Waals surface area contributed by atoms with Gasteiger partial charge in [-0.1, -0.05) is 13.8 Å². The minimum absolute atomic E-state index is 0. The van der Waals surface area contributed by atoms with Crippen molar-refractivity contribution < 1.29 is 0 Å². The first kappa shape index (κ1) is 17.2. The fourth-order valence-electron chi connectivity index (χ4n) is 2.74. The molecular weight excluding hydrogens is 391 g/mol. The van der Waals surface area contributed by atoms with Gasteiger partial charge in [0, 0.05) is 51.7 Å². The highest BCUT2D eigenvalue weighted by Gasteiger charge is 2.46. The second-order valence-electron chi connectivity index (χ2n) is 6.46. The van der Waals surface area contributed by atoms with Crippen molar-refractivity contribution in [3.8, 4) is 0 Å². The number of hydrogen-bond acceptors (Lipinski definition) is 4. The van der Waals surface area contributed by atoms with E-state index in [-0.39, 0.29) is 24.0 Å². The average molecular weight is 416 g/mol. The highest BCUT2D eigenvalue weighted by molar-refractivity contribution is 14.0. The Labute approximate surface area is 149 Å². The van der Waals surface area contributed by atoms with E-state index in [1.165, 1.54) is 6.42 Å². The summed E-state index contributed by atoms with van der Waals surface area (Å²) in [5.41, 5.74) is 0.412. The standard InChI is InChI=1S/C15H24N6.HI/c1-15(2)11-12(15)19-13(16-3)20-7-9-21(10-8-20)14-17-5-4-6-18-14;/h4-6,12H,7-11H2,1-3H3,(H,16,19);1H. The summed E-state index contributed by atoms with van der Waals surface area (Å²) in [7, 11) is 1.87. The van der Waals surface area contributed by atoms with E-state index in [1.54, 1.807) is 12.4 Å². The summed E-state index contributed by atoms with van der Waals surface area (Å²) in [6.45, 7) is 8.35. The SMILES string of the molecule is CN=C(NC1CC1(C)C)N1CCN(c2ncccn2)CC1.I. The zero-order chi connectivity index (χ0) is 14.9. The predicted molar refractivity (Wildman–Crippen MR) is 99.9 cm³/mol. The van der Waals surface area contributed by atoms with E-state index in [1.807, 2.05) is 13.1 Å². The summed E-state index contributed by atoms with van der Waals surface area (Å²) < 4.78 is 0. The van der Waals surface area contributed by atoms with Crippen molar-refractivity contribution >= 4 is 35.9 Å². The van der Waals surface area contributed by atoms with Gasteiger partial charge in [-0.3, -0.25) is 4.99 Å². The summed E-state index contributed by atoms with van der Waals surface area (Å²) >= 11 is 0. The normalized spacial score (nSPS) is 23.8. The van der Waals surface area contributed by atoms with Crippen molar-refractivity contribution in [2.24, 2.45) is 10.4 Å². The maximum absolute atomic E-state index is 4.44. The zero-order valence-electron chi connectivity index (χ0n) is 13.5. The fourth-order valence-corrected chi connectivity index (χ4v) is 2.74. The Morgan fingerprint density at radius 2 is 1.82 bits per heavy atom. The van der Waals surface area contributed by atoms with Crippen molar-refractivity contribution in [2.45, 2.75) is 26.3 Å². The van der Waals surface area contributed by atoms with Gasteiger partial charge in [0.05, 0.1) is 0 Å². The Morgan fingerprint density at radius 1 is 1.23 bits per heavy atom. The first-order valence-corrected chi connectivity index (χ1v) is 7.60. The van der Waals surface area contributed by atoms with Crippen LogP contribution in [0, 0.1) is 5.41 Å². The third-order valence-electron chi connectivity index (χ3n) is 4.44. The molecule has 2 heterocycles. The van der Waals surface area contributed by atoms with Crippen LogP contribution in [0.2, 0.25) is 0 Å². The third kappa shape index (κ3) is 3.80. The lowest BCUT2D eigenvalue weighted by atomic mass is 10.2. The number of nitrogens with zero attached hydrogens (tertiary/aromatic N) is 5. The van der Waals surface area contributed by atoms with Crippen molar-refractivity contribution in [1.82, 2.24) is 20.2 Å². The molecule has 2 aliphatic rings. The molecule has 122 valence electrons. The van der Waals surface area contributed by atoms with Crippen LogP contribution in [0.15, 0.2) is 23.5 Å². The molecule has 0 aromatic carbocycles. The summed E-state index contributed by atoms with van der Waals surface area (Å²) in [6, 6.07) is 2.41. The van der Waals surface area contributed by atoms with Gasteiger partial charge < -0.3 is 15.1 Å². The summed E-state index contributed by atoms with van der Waals surface area (Å²) in [5.74, 6) is 1.85. The Morgan fingerprint density at radius 3 is 2.32 bits per heavy atom. The van der Waals surface area contributed by atoms with E-state index in [9.17, 15) is 0 Å². The second-order valence-corrected chi connectivity index (χ2v) is 6.46. The highest BCUT2D eigenvalue weighted by atomic mass is 127. The monoisotopic (exact) mass is 416 g/mol. The van der Waals surface area contributed by atoms with E-state index in [2.05, 4.69) is 43.9 Å². The van der Waals surface area contributed by atoms with Crippen LogP contribution >= 0.6 is 24.0 Å². The highest BCUT2D eigenvalue weighted by Crippen LogP contribution is 2.44. The fraction of sp³-hybridized carbons (Fsp3) is 0.667. The predicted octanol–water partition coefficient (Wildman–Crippen LogP) is 1.59. The molecule has 1 saturated heterocycles. The quantitative estimate of drug-likeness (QED) is 0.451. The molecule has 0 radical (unpaired) electrons. The maximum Gasteiger partial charge on any atom is 0.225 e. The van der Waals surface area contributed by atoms with Gasteiger partial charge in [0.15, 0.2) is 5.96 Å². The summed E-state index contributed by atoms with van der Waals surface area (Å²) in [5, 5.41) is 3.58.